The number of para-hydroxylation sites is 2. The largest absolute Gasteiger partial charge is 0.327 e. The van der Waals surface area contributed by atoms with E-state index < -0.39 is 0 Å². The molecule has 0 saturated carbocycles. The van der Waals surface area contributed by atoms with Gasteiger partial charge in [0.25, 0.3) is 0 Å². The van der Waals surface area contributed by atoms with E-state index in [2.05, 4.69) is 11.1 Å². The second-order valence-electron chi connectivity index (χ2n) is 4.82. The molecule has 1 aromatic heterocycles. The van der Waals surface area contributed by atoms with E-state index in [1.165, 1.54) is 0 Å². The highest BCUT2D eigenvalue weighted by molar-refractivity contribution is 6.34. The van der Waals surface area contributed by atoms with E-state index in [4.69, 9.17) is 23.2 Å². The van der Waals surface area contributed by atoms with E-state index in [0.29, 0.717) is 27.0 Å². The van der Waals surface area contributed by atoms with Crippen molar-refractivity contribution in [1.29, 1.82) is 5.26 Å². The smallest absolute Gasteiger partial charge is 0.151 e. The van der Waals surface area contributed by atoms with Crippen molar-refractivity contribution in [3.8, 4) is 6.07 Å². The monoisotopic (exact) mass is 327 g/mol. The van der Waals surface area contributed by atoms with Gasteiger partial charge in [0.2, 0.25) is 0 Å². The number of aromatic nitrogens is 2. The maximum Gasteiger partial charge on any atom is 0.151 e. The molecule has 0 radical (unpaired) electrons. The van der Waals surface area contributed by atoms with Crippen molar-refractivity contribution in [2.45, 2.75) is 0 Å². The van der Waals surface area contributed by atoms with Crippen LogP contribution in [0.1, 0.15) is 11.4 Å². The Morgan fingerprint density at radius 2 is 2.00 bits per heavy atom. The van der Waals surface area contributed by atoms with E-state index in [1.807, 2.05) is 35.9 Å². The molecule has 0 aliphatic rings. The summed E-state index contributed by atoms with van der Waals surface area (Å²) in [7, 11) is 1.88. The molecule has 0 aliphatic carbocycles. The molecule has 0 N–H and O–H groups in total. The molecule has 0 fully saturated rings. The standard InChI is InChI=1S/C17H11Cl2N3/c1-22-16-5-3-2-4-15(16)21-17(22)12(10-20)8-11-9-13(18)6-7-14(11)19/h2-9H,1H3/b12-8+. The number of hydrogen-bond donors (Lipinski definition) is 0. The highest BCUT2D eigenvalue weighted by Gasteiger charge is 2.12. The van der Waals surface area contributed by atoms with Crippen LogP contribution in [0.15, 0.2) is 42.5 Å². The van der Waals surface area contributed by atoms with E-state index in [0.717, 1.165) is 11.0 Å². The Morgan fingerprint density at radius 3 is 2.73 bits per heavy atom. The first-order valence-electron chi connectivity index (χ1n) is 6.59. The number of nitrogens with zero attached hydrogens (tertiary/aromatic N) is 3. The number of halogens is 2. The molecule has 3 nitrogen and oxygen atoms in total. The topological polar surface area (TPSA) is 41.6 Å². The van der Waals surface area contributed by atoms with Gasteiger partial charge in [-0.15, -0.1) is 0 Å². The third-order valence-electron chi connectivity index (χ3n) is 3.41. The van der Waals surface area contributed by atoms with Crippen LogP contribution >= 0.6 is 23.2 Å². The van der Waals surface area contributed by atoms with Gasteiger partial charge in [0, 0.05) is 17.1 Å². The van der Waals surface area contributed by atoms with Crippen LogP contribution in [0, 0.1) is 11.3 Å². The van der Waals surface area contributed by atoms with Gasteiger partial charge in [-0.05, 0) is 42.0 Å². The van der Waals surface area contributed by atoms with Crippen molar-refractivity contribution < 1.29 is 0 Å². The van der Waals surface area contributed by atoms with Gasteiger partial charge in [-0.1, -0.05) is 35.3 Å². The van der Waals surface area contributed by atoms with Gasteiger partial charge in [-0.2, -0.15) is 5.26 Å². The van der Waals surface area contributed by atoms with Crippen LogP contribution in [0.2, 0.25) is 10.0 Å². The molecular formula is C17H11Cl2N3. The van der Waals surface area contributed by atoms with Crippen molar-refractivity contribution in [2.24, 2.45) is 7.05 Å². The maximum absolute atomic E-state index is 9.50. The maximum atomic E-state index is 9.50. The fourth-order valence-electron chi connectivity index (χ4n) is 2.31. The van der Waals surface area contributed by atoms with Crippen molar-refractivity contribution in [3.63, 3.8) is 0 Å². The summed E-state index contributed by atoms with van der Waals surface area (Å²) in [4.78, 5) is 4.53. The molecule has 3 aromatic rings. The predicted octanol–water partition coefficient (Wildman–Crippen LogP) is 4.94. The summed E-state index contributed by atoms with van der Waals surface area (Å²) >= 11 is 12.2. The highest BCUT2D eigenvalue weighted by atomic mass is 35.5. The Hall–Kier alpha value is -2.28. The Bertz CT molecular complexity index is 933. The molecule has 0 atom stereocenters. The van der Waals surface area contributed by atoms with Crippen molar-refractivity contribution in [2.75, 3.05) is 0 Å². The summed E-state index contributed by atoms with van der Waals surface area (Å²) in [6.07, 6.45) is 1.70. The molecule has 0 aliphatic heterocycles. The lowest BCUT2D eigenvalue weighted by atomic mass is 10.1. The second kappa shape index (κ2) is 5.84. The normalized spacial score (nSPS) is 11.6. The quantitative estimate of drug-likeness (QED) is 0.625. The summed E-state index contributed by atoms with van der Waals surface area (Å²) in [5, 5.41) is 10.6. The van der Waals surface area contributed by atoms with E-state index in [-0.39, 0.29) is 0 Å². The van der Waals surface area contributed by atoms with Crippen LogP contribution in [0.4, 0.5) is 0 Å². The summed E-state index contributed by atoms with van der Waals surface area (Å²) in [5.74, 6) is 0.597. The minimum Gasteiger partial charge on any atom is -0.327 e. The number of fused-ring (bicyclic) bond motifs is 1. The Kier molecular flexibility index (Phi) is 3.89. The van der Waals surface area contributed by atoms with Crippen molar-refractivity contribution in [1.82, 2.24) is 9.55 Å². The summed E-state index contributed by atoms with van der Waals surface area (Å²) < 4.78 is 1.89. The molecular weight excluding hydrogens is 317 g/mol. The minimum atomic E-state index is 0.433. The molecule has 5 heteroatoms. The molecule has 22 heavy (non-hydrogen) atoms. The molecule has 0 spiro atoms. The fourth-order valence-corrected chi connectivity index (χ4v) is 2.67. The van der Waals surface area contributed by atoms with Crippen LogP contribution in [-0.2, 0) is 7.05 Å². The zero-order chi connectivity index (χ0) is 15.7. The van der Waals surface area contributed by atoms with Crippen molar-refractivity contribution >= 4 is 45.9 Å². The third-order valence-corrected chi connectivity index (χ3v) is 3.99. The molecule has 108 valence electrons. The van der Waals surface area contributed by atoms with E-state index >= 15 is 0 Å². The lowest BCUT2D eigenvalue weighted by Crippen LogP contribution is -1.96. The third kappa shape index (κ3) is 2.59. The molecule has 1 heterocycles. The number of rotatable bonds is 2. The van der Waals surface area contributed by atoms with Gasteiger partial charge >= 0.3 is 0 Å². The van der Waals surface area contributed by atoms with E-state index in [1.54, 1.807) is 24.3 Å². The zero-order valence-corrected chi connectivity index (χ0v) is 13.2. The van der Waals surface area contributed by atoms with Crippen LogP contribution in [0.3, 0.4) is 0 Å². The van der Waals surface area contributed by atoms with Crippen molar-refractivity contribution in [3.05, 3.63) is 63.9 Å². The number of aryl methyl sites for hydroxylation is 1. The summed E-state index contributed by atoms with van der Waals surface area (Å²) in [5.41, 5.74) is 2.94. The predicted molar refractivity (Wildman–Crippen MR) is 90.7 cm³/mol. The molecule has 0 bridgehead atoms. The zero-order valence-electron chi connectivity index (χ0n) is 11.7. The summed E-state index contributed by atoms with van der Waals surface area (Å²) in [6.45, 7) is 0. The second-order valence-corrected chi connectivity index (χ2v) is 5.66. The number of allylic oxidation sites excluding steroid dienone is 1. The van der Waals surface area contributed by atoms with Gasteiger partial charge in [-0.3, -0.25) is 0 Å². The SMILES string of the molecule is Cn1c(/C(C#N)=C/c2cc(Cl)ccc2Cl)nc2ccccc21. The van der Waals surface area contributed by atoms with Crippen LogP contribution in [0.5, 0.6) is 0 Å². The van der Waals surface area contributed by atoms with Gasteiger partial charge in [0.15, 0.2) is 5.82 Å². The number of hydrogen-bond acceptors (Lipinski definition) is 2. The number of benzene rings is 2. The minimum absolute atomic E-state index is 0.433. The molecule has 3 rings (SSSR count). The van der Waals surface area contributed by atoms with Gasteiger partial charge in [-0.25, -0.2) is 4.98 Å². The molecule has 0 amide bonds. The average molecular weight is 328 g/mol. The first-order chi connectivity index (χ1) is 10.6. The Labute approximate surface area is 138 Å². The van der Waals surface area contributed by atoms with E-state index in [9.17, 15) is 5.26 Å². The van der Waals surface area contributed by atoms with Gasteiger partial charge in [0.05, 0.1) is 16.6 Å². The first kappa shape index (κ1) is 14.6. The Balaban J connectivity index is 2.18. The molecule has 0 unspecified atom stereocenters. The Morgan fingerprint density at radius 1 is 1.23 bits per heavy atom. The molecule has 0 saturated heterocycles. The molecule has 2 aromatic carbocycles. The number of nitriles is 1. The lowest BCUT2D eigenvalue weighted by Gasteiger charge is -2.03. The van der Waals surface area contributed by atoms with Crippen LogP contribution in [-0.4, -0.2) is 9.55 Å². The fraction of sp³-hybridized carbons (Fsp3) is 0.0588. The number of imidazole rings is 1. The lowest BCUT2D eigenvalue weighted by molar-refractivity contribution is 0.925. The average Bonchev–Trinajstić information content (AvgIpc) is 2.85. The van der Waals surface area contributed by atoms with Crippen LogP contribution < -0.4 is 0 Å². The summed E-state index contributed by atoms with van der Waals surface area (Å²) in [6, 6.07) is 15.1. The van der Waals surface area contributed by atoms with Gasteiger partial charge in [0.1, 0.15) is 6.07 Å². The van der Waals surface area contributed by atoms with Crippen LogP contribution in [0.25, 0.3) is 22.7 Å². The first-order valence-corrected chi connectivity index (χ1v) is 7.34. The van der Waals surface area contributed by atoms with Gasteiger partial charge < -0.3 is 4.57 Å². The highest BCUT2D eigenvalue weighted by Crippen LogP contribution is 2.26.